The molecule has 4 nitrogen and oxygen atoms in total. The van der Waals surface area contributed by atoms with Crippen LogP contribution in [0.25, 0.3) is 22.4 Å². The minimum Gasteiger partial charge on any atom is -0.508 e. The minimum absolute atomic E-state index is 0.127. The summed E-state index contributed by atoms with van der Waals surface area (Å²) in [7, 11) is 1.71. The topological polar surface area (TPSA) is 54.4 Å². The maximum absolute atomic E-state index is 9.60. The van der Waals surface area contributed by atoms with Gasteiger partial charge in [-0.2, -0.15) is 0 Å². The van der Waals surface area contributed by atoms with E-state index in [2.05, 4.69) is 62.5 Å². The Bertz CT molecular complexity index is 927. The zero-order chi connectivity index (χ0) is 20.9. The van der Waals surface area contributed by atoms with Crippen molar-refractivity contribution in [3.8, 4) is 28.1 Å². The standard InChI is InChI=1S/C25H30N2O2/c1-25(2,3)21-10-6-18(7-11-21)20-16-23(19-8-12-22(28)13-9-19)27-24(17-20)26-14-5-15-29-4/h6-13,16-17,28H,5,14-15H2,1-4H3,(H,26,27). The number of pyridine rings is 1. The number of ether oxygens (including phenoxy) is 1. The highest BCUT2D eigenvalue weighted by Gasteiger charge is 2.14. The van der Waals surface area contributed by atoms with Crippen molar-refractivity contribution >= 4 is 5.82 Å². The first-order valence-corrected chi connectivity index (χ1v) is 10.0. The average Bonchev–Trinajstić information content (AvgIpc) is 2.71. The molecule has 0 saturated carbocycles. The van der Waals surface area contributed by atoms with Crippen LogP contribution in [0, 0.1) is 0 Å². The molecule has 1 heterocycles. The van der Waals surface area contributed by atoms with E-state index in [1.54, 1.807) is 19.2 Å². The van der Waals surface area contributed by atoms with Gasteiger partial charge in [-0.05, 0) is 64.9 Å². The Morgan fingerprint density at radius 3 is 2.17 bits per heavy atom. The summed E-state index contributed by atoms with van der Waals surface area (Å²) in [5.41, 5.74) is 5.54. The summed E-state index contributed by atoms with van der Waals surface area (Å²) in [6.45, 7) is 8.17. The molecule has 0 aliphatic carbocycles. The largest absolute Gasteiger partial charge is 0.508 e. The zero-order valence-corrected chi connectivity index (χ0v) is 17.7. The Morgan fingerprint density at radius 1 is 0.897 bits per heavy atom. The van der Waals surface area contributed by atoms with Gasteiger partial charge >= 0.3 is 0 Å². The van der Waals surface area contributed by atoms with Crippen LogP contribution in [-0.2, 0) is 10.2 Å². The van der Waals surface area contributed by atoms with E-state index in [0.717, 1.165) is 41.2 Å². The fraction of sp³-hybridized carbons (Fsp3) is 0.320. The lowest BCUT2D eigenvalue weighted by molar-refractivity contribution is 0.198. The SMILES string of the molecule is COCCCNc1cc(-c2ccc(C(C)(C)C)cc2)cc(-c2ccc(O)cc2)n1. The summed E-state index contributed by atoms with van der Waals surface area (Å²) in [6, 6.07) is 20.1. The molecule has 152 valence electrons. The summed E-state index contributed by atoms with van der Waals surface area (Å²) in [4.78, 5) is 4.78. The highest BCUT2D eigenvalue weighted by Crippen LogP contribution is 2.30. The van der Waals surface area contributed by atoms with Crippen LogP contribution >= 0.6 is 0 Å². The number of aromatic hydroxyl groups is 1. The number of hydrogen-bond acceptors (Lipinski definition) is 4. The molecule has 0 unspecified atom stereocenters. The molecule has 0 bridgehead atoms. The molecule has 3 aromatic rings. The van der Waals surface area contributed by atoms with E-state index in [1.807, 2.05) is 12.1 Å². The van der Waals surface area contributed by atoms with Crippen LogP contribution in [0.15, 0.2) is 60.7 Å². The monoisotopic (exact) mass is 390 g/mol. The van der Waals surface area contributed by atoms with E-state index < -0.39 is 0 Å². The fourth-order valence-corrected chi connectivity index (χ4v) is 3.16. The van der Waals surface area contributed by atoms with E-state index >= 15 is 0 Å². The number of nitrogens with zero attached hydrogens (tertiary/aromatic N) is 1. The maximum Gasteiger partial charge on any atom is 0.127 e. The van der Waals surface area contributed by atoms with Gasteiger partial charge in [0.2, 0.25) is 0 Å². The maximum atomic E-state index is 9.60. The lowest BCUT2D eigenvalue weighted by Gasteiger charge is -2.19. The Morgan fingerprint density at radius 2 is 1.55 bits per heavy atom. The van der Waals surface area contributed by atoms with Gasteiger partial charge in [0.1, 0.15) is 11.6 Å². The molecule has 29 heavy (non-hydrogen) atoms. The third-order valence-electron chi connectivity index (χ3n) is 4.90. The highest BCUT2D eigenvalue weighted by atomic mass is 16.5. The van der Waals surface area contributed by atoms with Crippen LogP contribution in [0.1, 0.15) is 32.8 Å². The molecule has 0 saturated heterocycles. The van der Waals surface area contributed by atoms with E-state index in [9.17, 15) is 5.11 Å². The van der Waals surface area contributed by atoms with Gasteiger partial charge in [-0.25, -0.2) is 4.98 Å². The summed E-state index contributed by atoms with van der Waals surface area (Å²) in [5, 5.41) is 13.0. The molecule has 0 atom stereocenters. The number of benzene rings is 2. The molecule has 0 fully saturated rings. The van der Waals surface area contributed by atoms with E-state index in [1.165, 1.54) is 5.56 Å². The van der Waals surface area contributed by atoms with Gasteiger partial charge in [-0.15, -0.1) is 0 Å². The molecule has 2 aromatic carbocycles. The first-order valence-electron chi connectivity index (χ1n) is 10.0. The number of hydrogen-bond donors (Lipinski definition) is 2. The first kappa shape index (κ1) is 20.9. The molecular weight excluding hydrogens is 360 g/mol. The normalized spacial score (nSPS) is 11.4. The second kappa shape index (κ2) is 9.10. The third-order valence-corrected chi connectivity index (χ3v) is 4.90. The van der Waals surface area contributed by atoms with Crippen molar-refractivity contribution in [2.24, 2.45) is 0 Å². The number of phenolic OH excluding ortho intramolecular Hbond substituents is 1. The van der Waals surface area contributed by atoms with Gasteiger partial charge in [-0.1, -0.05) is 45.0 Å². The van der Waals surface area contributed by atoms with Crippen LogP contribution in [0.5, 0.6) is 5.75 Å². The summed E-state index contributed by atoms with van der Waals surface area (Å²) >= 11 is 0. The number of nitrogens with one attached hydrogen (secondary N) is 1. The molecule has 0 amide bonds. The fourth-order valence-electron chi connectivity index (χ4n) is 3.16. The van der Waals surface area contributed by atoms with Gasteiger partial charge < -0.3 is 15.2 Å². The lowest BCUT2D eigenvalue weighted by Crippen LogP contribution is -2.10. The summed E-state index contributed by atoms with van der Waals surface area (Å²) < 4.78 is 5.13. The predicted octanol–water partition coefficient (Wildman–Crippen LogP) is 5.87. The molecule has 3 rings (SSSR count). The van der Waals surface area contributed by atoms with Crippen LogP contribution in [-0.4, -0.2) is 30.4 Å². The highest BCUT2D eigenvalue weighted by molar-refractivity contribution is 5.74. The second-order valence-corrected chi connectivity index (χ2v) is 8.27. The smallest absolute Gasteiger partial charge is 0.127 e. The Hall–Kier alpha value is -2.85. The predicted molar refractivity (Wildman–Crippen MR) is 120 cm³/mol. The Balaban J connectivity index is 1.96. The molecule has 0 aliphatic rings. The number of methoxy groups -OCH3 is 1. The van der Waals surface area contributed by atoms with Crippen molar-refractivity contribution in [1.29, 1.82) is 0 Å². The van der Waals surface area contributed by atoms with Crippen LogP contribution in [0.4, 0.5) is 5.82 Å². The number of rotatable bonds is 7. The molecule has 1 aromatic heterocycles. The number of phenols is 1. The van der Waals surface area contributed by atoms with E-state index in [4.69, 9.17) is 9.72 Å². The zero-order valence-electron chi connectivity index (χ0n) is 17.7. The Kier molecular flexibility index (Phi) is 6.55. The van der Waals surface area contributed by atoms with Crippen molar-refractivity contribution in [3.63, 3.8) is 0 Å². The van der Waals surface area contributed by atoms with Crippen molar-refractivity contribution in [1.82, 2.24) is 4.98 Å². The van der Waals surface area contributed by atoms with Crippen LogP contribution < -0.4 is 5.32 Å². The lowest BCUT2D eigenvalue weighted by atomic mass is 9.86. The van der Waals surface area contributed by atoms with Crippen molar-refractivity contribution in [2.75, 3.05) is 25.6 Å². The second-order valence-electron chi connectivity index (χ2n) is 8.27. The minimum atomic E-state index is 0.127. The third kappa shape index (κ3) is 5.58. The summed E-state index contributed by atoms with van der Waals surface area (Å²) in [6.07, 6.45) is 0.914. The molecule has 0 spiro atoms. The van der Waals surface area contributed by atoms with E-state index in [-0.39, 0.29) is 11.2 Å². The van der Waals surface area contributed by atoms with Crippen molar-refractivity contribution in [2.45, 2.75) is 32.6 Å². The first-order chi connectivity index (χ1) is 13.9. The van der Waals surface area contributed by atoms with Gasteiger partial charge in [-0.3, -0.25) is 0 Å². The van der Waals surface area contributed by atoms with Gasteiger partial charge in [0.25, 0.3) is 0 Å². The van der Waals surface area contributed by atoms with Crippen LogP contribution in [0.2, 0.25) is 0 Å². The van der Waals surface area contributed by atoms with E-state index in [0.29, 0.717) is 6.61 Å². The van der Waals surface area contributed by atoms with Gasteiger partial charge in [0, 0.05) is 25.8 Å². The van der Waals surface area contributed by atoms with Gasteiger partial charge in [0.05, 0.1) is 5.69 Å². The molecular formula is C25H30N2O2. The Labute approximate surface area is 173 Å². The van der Waals surface area contributed by atoms with Crippen LogP contribution in [0.3, 0.4) is 0 Å². The molecule has 4 heteroatoms. The molecule has 0 aliphatic heterocycles. The van der Waals surface area contributed by atoms with Crippen molar-refractivity contribution < 1.29 is 9.84 Å². The summed E-state index contributed by atoms with van der Waals surface area (Å²) in [5.74, 6) is 1.09. The number of anilines is 1. The quantitative estimate of drug-likeness (QED) is 0.496. The molecule has 0 radical (unpaired) electrons. The number of aromatic nitrogens is 1. The van der Waals surface area contributed by atoms with Crippen molar-refractivity contribution in [3.05, 3.63) is 66.2 Å². The molecule has 2 N–H and O–H groups in total. The average molecular weight is 391 g/mol. The van der Waals surface area contributed by atoms with Gasteiger partial charge in [0.15, 0.2) is 0 Å².